The molecule has 1 aromatic rings. The molecular formula is C25H39NO3S. The highest BCUT2D eigenvalue weighted by Crippen LogP contribution is 2.32. The van der Waals surface area contributed by atoms with Gasteiger partial charge in [-0.3, -0.25) is 4.79 Å². The molecular weight excluding hydrogens is 394 g/mol. The minimum absolute atomic E-state index is 0.0294. The van der Waals surface area contributed by atoms with Gasteiger partial charge < -0.3 is 5.32 Å². The Bertz CT molecular complexity index is 769. The molecule has 0 aromatic heterocycles. The lowest BCUT2D eigenvalue weighted by Gasteiger charge is -2.10. The van der Waals surface area contributed by atoms with Gasteiger partial charge in [0.25, 0.3) is 0 Å². The molecule has 30 heavy (non-hydrogen) atoms. The zero-order valence-electron chi connectivity index (χ0n) is 18.6. The molecule has 0 aliphatic heterocycles. The van der Waals surface area contributed by atoms with E-state index in [0.29, 0.717) is 29.9 Å². The van der Waals surface area contributed by atoms with E-state index < -0.39 is 9.84 Å². The second-order valence-electron chi connectivity index (χ2n) is 8.44. The lowest BCUT2D eigenvalue weighted by atomic mass is 10.1. The zero-order chi connectivity index (χ0) is 21.7. The van der Waals surface area contributed by atoms with Crippen LogP contribution in [0.3, 0.4) is 0 Å². The topological polar surface area (TPSA) is 63.2 Å². The maximum atomic E-state index is 12.8. The van der Waals surface area contributed by atoms with E-state index in [-0.39, 0.29) is 11.7 Å². The minimum atomic E-state index is -3.44. The second-order valence-corrected chi connectivity index (χ2v) is 10.4. The number of carbonyl (C=O) groups excluding carboxylic acids is 1. The number of allylic oxidation sites excluding steroid dienone is 1. The molecule has 5 heteroatoms. The van der Waals surface area contributed by atoms with Crippen molar-refractivity contribution in [3.05, 3.63) is 46.4 Å². The summed E-state index contributed by atoms with van der Waals surface area (Å²) in [5.41, 5.74) is 1.25. The van der Waals surface area contributed by atoms with E-state index >= 15 is 0 Å². The molecule has 0 fully saturated rings. The molecule has 2 rings (SSSR count). The molecule has 1 aromatic carbocycles. The van der Waals surface area contributed by atoms with Crippen LogP contribution in [0.4, 0.5) is 0 Å². The first kappa shape index (κ1) is 24.6. The van der Waals surface area contributed by atoms with Crippen molar-refractivity contribution >= 4 is 15.7 Å². The van der Waals surface area contributed by atoms with Gasteiger partial charge in [0.2, 0.25) is 5.91 Å². The Morgan fingerprint density at radius 3 is 2.10 bits per heavy atom. The Hall–Kier alpha value is -1.62. The van der Waals surface area contributed by atoms with E-state index in [4.69, 9.17) is 0 Å². The number of carbonyl (C=O) groups is 1. The molecule has 0 bridgehead atoms. The number of unbranched alkanes of at least 4 members (excludes halogenated alkanes) is 9. The fraction of sp³-hybridized carbons (Fsp3) is 0.640. The number of nitrogens with one attached hydrogen (secondary N) is 1. The molecule has 1 amide bonds. The smallest absolute Gasteiger partial charge is 0.248 e. The van der Waals surface area contributed by atoms with Crippen molar-refractivity contribution in [3.8, 4) is 0 Å². The maximum Gasteiger partial charge on any atom is 0.248 e. The minimum Gasteiger partial charge on any atom is -0.352 e. The predicted molar refractivity (Wildman–Crippen MR) is 125 cm³/mol. The van der Waals surface area contributed by atoms with Crippen LogP contribution in [0, 0.1) is 0 Å². The van der Waals surface area contributed by atoms with Crippen LogP contribution < -0.4 is 5.32 Å². The standard InChI is InChI=1S/C25H39NO3S/c1-2-3-4-5-6-7-8-9-10-14-20-26-25(27)23-18-15-19-24(23)30(28,29)21-22-16-12-11-13-17-22/h11-13,16-17H,2-10,14-15,18-21H2,1H3,(H,26,27). The summed E-state index contributed by atoms with van der Waals surface area (Å²) in [5, 5.41) is 2.95. The molecule has 0 atom stereocenters. The quantitative estimate of drug-likeness (QED) is 0.341. The van der Waals surface area contributed by atoms with Gasteiger partial charge in [0.1, 0.15) is 0 Å². The van der Waals surface area contributed by atoms with Gasteiger partial charge in [0, 0.05) is 12.1 Å². The van der Waals surface area contributed by atoms with Crippen LogP contribution in [0.2, 0.25) is 0 Å². The van der Waals surface area contributed by atoms with Gasteiger partial charge in [-0.05, 0) is 31.2 Å². The molecule has 0 radical (unpaired) electrons. The van der Waals surface area contributed by atoms with Crippen molar-refractivity contribution < 1.29 is 13.2 Å². The van der Waals surface area contributed by atoms with Crippen molar-refractivity contribution in [2.75, 3.05) is 6.54 Å². The largest absolute Gasteiger partial charge is 0.352 e. The molecule has 0 spiro atoms. The fourth-order valence-corrected chi connectivity index (χ4v) is 5.93. The lowest BCUT2D eigenvalue weighted by molar-refractivity contribution is -0.117. The highest BCUT2D eigenvalue weighted by atomic mass is 32.2. The van der Waals surface area contributed by atoms with Gasteiger partial charge in [-0.1, -0.05) is 95.0 Å². The van der Waals surface area contributed by atoms with Crippen molar-refractivity contribution in [1.82, 2.24) is 5.32 Å². The van der Waals surface area contributed by atoms with Crippen molar-refractivity contribution in [2.45, 2.75) is 96.1 Å². The monoisotopic (exact) mass is 433 g/mol. The van der Waals surface area contributed by atoms with Gasteiger partial charge in [-0.2, -0.15) is 0 Å². The van der Waals surface area contributed by atoms with Crippen LogP contribution in [0.25, 0.3) is 0 Å². The molecule has 1 N–H and O–H groups in total. The van der Waals surface area contributed by atoms with E-state index in [1.807, 2.05) is 30.3 Å². The zero-order valence-corrected chi connectivity index (χ0v) is 19.4. The van der Waals surface area contributed by atoms with E-state index in [1.165, 1.54) is 51.4 Å². The summed E-state index contributed by atoms with van der Waals surface area (Å²) in [6, 6.07) is 9.19. The highest BCUT2D eigenvalue weighted by Gasteiger charge is 2.29. The summed E-state index contributed by atoms with van der Waals surface area (Å²) in [7, 11) is -3.44. The molecule has 168 valence electrons. The van der Waals surface area contributed by atoms with Crippen LogP contribution in [0.1, 0.15) is 96.0 Å². The molecule has 0 heterocycles. The Balaban J connectivity index is 1.70. The van der Waals surface area contributed by atoms with E-state index in [9.17, 15) is 13.2 Å². The van der Waals surface area contributed by atoms with Gasteiger partial charge in [-0.15, -0.1) is 0 Å². The second kappa shape index (κ2) is 13.6. The van der Waals surface area contributed by atoms with E-state index in [1.54, 1.807) is 0 Å². The Labute approximate surface area is 183 Å². The van der Waals surface area contributed by atoms with Gasteiger partial charge in [0.15, 0.2) is 9.84 Å². The third kappa shape index (κ3) is 8.63. The van der Waals surface area contributed by atoms with Crippen molar-refractivity contribution in [3.63, 3.8) is 0 Å². The number of rotatable bonds is 15. The summed E-state index contributed by atoms with van der Waals surface area (Å²) >= 11 is 0. The molecule has 1 aliphatic carbocycles. The first-order valence-electron chi connectivity index (χ1n) is 11.8. The molecule has 0 unspecified atom stereocenters. The highest BCUT2D eigenvalue weighted by molar-refractivity contribution is 7.94. The van der Waals surface area contributed by atoms with E-state index in [0.717, 1.165) is 24.8 Å². The molecule has 4 nitrogen and oxygen atoms in total. The van der Waals surface area contributed by atoms with Gasteiger partial charge in [-0.25, -0.2) is 8.42 Å². The molecule has 0 saturated heterocycles. The first-order valence-corrected chi connectivity index (χ1v) is 13.5. The number of amides is 1. The third-order valence-electron chi connectivity index (χ3n) is 5.83. The number of hydrogen-bond donors (Lipinski definition) is 1. The summed E-state index contributed by atoms with van der Waals surface area (Å²) in [6.45, 7) is 2.87. The summed E-state index contributed by atoms with van der Waals surface area (Å²) in [5.74, 6) is -0.214. The van der Waals surface area contributed by atoms with Crippen LogP contribution in [0.5, 0.6) is 0 Å². The summed E-state index contributed by atoms with van der Waals surface area (Å²) in [4.78, 5) is 12.9. The SMILES string of the molecule is CCCCCCCCCCCCNC(=O)C1=C(S(=O)(=O)Cc2ccccc2)CCC1. The van der Waals surface area contributed by atoms with Gasteiger partial charge >= 0.3 is 0 Å². The van der Waals surface area contributed by atoms with Crippen LogP contribution in [-0.4, -0.2) is 20.9 Å². The Morgan fingerprint density at radius 2 is 1.47 bits per heavy atom. The normalized spacial score (nSPS) is 14.3. The van der Waals surface area contributed by atoms with Crippen LogP contribution >= 0.6 is 0 Å². The van der Waals surface area contributed by atoms with E-state index in [2.05, 4.69) is 12.2 Å². The lowest BCUT2D eigenvalue weighted by Crippen LogP contribution is -2.27. The average molecular weight is 434 g/mol. The van der Waals surface area contributed by atoms with Crippen LogP contribution in [-0.2, 0) is 20.4 Å². The maximum absolute atomic E-state index is 12.8. The first-order chi connectivity index (χ1) is 14.5. The number of hydrogen-bond acceptors (Lipinski definition) is 3. The Morgan fingerprint density at radius 1 is 0.867 bits per heavy atom. The van der Waals surface area contributed by atoms with Crippen molar-refractivity contribution in [1.29, 1.82) is 0 Å². The van der Waals surface area contributed by atoms with Gasteiger partial charge in [0.05, 0.1) is 10.7 Å². The fourth-order valence-electron chi connectivity index (χ4n) is 4.10. The molecule has 1 aliphatic rings. The van der Waals surface area contributed by atoms with Crippen molar-refractivity contribution in [2.24, 2.45) is 0 Å². The number of benzene rings is 1. The van der Waals surface area contributed by atoms with Crippen LogP contribution in [0.15, 0.2) is 40.8 Å². The average Bonchev–Trinajstić information content (AvgIpc) is 3.23. The number of sulfone groups is 1. The third-order valence-corrected chi connectivity index (χ3v) is 7.75. The summed E-state index contributed by atoms with van der Waals surface area (Å²) in [6.07, 6.45) is 14.4. The predicted octanol–water partition coefficient (Wildman–Crippen LogP) is 6.08. The summed E-state index contributed by atoms with van der Waals surface area (Å²) < 4.78 is 25.7. The molecule has 0 saturated carbocycles. The Kier molecular flexibility index (Phi) is 11.2.